The third kappa shape index (κ3) is 1.95. The van der Waals surface area contributed by atoms with Gasteiger partial charge in [0.2, 0.25) is 0 Å². The van der Waals surface area contributed by atoms with Crippen molar-refractivity contribution in [2.75, 3.05) is 0 Å². The molecule has 12 heavy (non-hydrogen) atoms. The molecule has 0 saturated heterocycles. The van der Waals surface area contributed by atoms with Gasteiger partial charge in [0.25, 0.3) is 0 Å². The van der Waals surface area contributed by atoms with E-state index in [9.17, 15) is 12.3 Å². The summed E-state index contributed by atoms with van der Waals surface area (Å²) in [5.74, 6) is -0.311. The smallest absolute Gasteiger partial charge is 0.332 e. The van der Waals surface area contributed by atoms with Gasteiger partial charge in [-0.25, -0.2) is 0 Å². The summed E-state index contributed by atoms with van der Waals surface area (Å²) >= 11 is 2.93. The number of halogens is 2. The van der Waals surface area contributed by atoms with Crippen LogP contribution in [0.5, 0.6) is 5.75 Å². The second-order valence-corrected chi connectivity index (χ2v) is 4.25. The van der Waals surface area contributed by atoms with Crippen LogP contribution in [0.2, 0.25) is 0 Å². The Labute approximate surface area is 77.2 Å². The molecule has 0 bridgehead atoms. The summed E-state index contributed by atoms with van der Waals surface area (Å²) in [6, 6.07) is 3.14. The van der Waals surface area contributed by atoms with Crippen molar-refractivity contribution in [3.63, 3.8) is 0 Å². The zero-order chi connectivity index (χ0) is 9.35. The highest BCUT2D eigenvalue weighted by Gasteiger charge is 2.12. The lowest BCUT2D eigenvalue weighted by Crippen LogP contribution is -1.90. The van der Waals surface area contributed by atoms with Gasteiger partial charge in [0.1, 0.15) is 10.6 Å². The van der Waals surface area contributed by atoms with Gasteiger partial charge in [-0.15, -0.1) is 3.89 Å². The van der Waals surface area contributed by atoms with Crippen molar-refractivity contribution in [3.05, 3.63) is 22.7 Å². The second-order valence-electron chi connectivity index (χ2n) is 2.05. The van der Waals surface area contributed by atoms with Crippen molar-refractivity contribution < 1.29 is 17.4 Å². The minimum atomic E-state index is -4.72. The summed E-state index contributed by atoms with van der Waals surface area (Å²) < 4.78 is 33.2. The van der Waals surface area contributed by atoms with E-state index in [1.807, 2.05) is 0 Å². The Kier molecular flexibility index (Phi) is 2.39. The van der Waals surface area contributed by atoms with Crippen LogP contribution < -0.4 is 0 Å². The first-order valence-electron chi connectivity index (χ1n) is 2.84. The Bertz CT molecular complexity index is 401. The van der Waals surface area contributed by atoms with Crippen molar-refractivity contribution in [2.45, 2.75) is 4.90 Å². The topological polar surface area (TPSA) is 54.4 Å². The van der Waals surface area contributed by atoms with Gasteiger partial charge >= 0.3 is 10.2 Å². The zero-order valence-corrected chi connectivity index (χ0v) is 8.06. The normalized spacial score (nSPS) is 11.5. The van der Waals surface area contributed by atoms with Crippen molar-refractivity contribution in [2.24, 2.45) is 0 Å². The minimum absolute atomic E-state index is 0.311. The van der Waals surface area contributed by atoms with Crippen molar-refractivity contribution >= 4 is 26.2 Å². The first-order chi connectivity index (χ1) is 5.41. The number of aromatic hydroxyl groups is 1. The Morgan fingerprint density at radius 1 is 1.42 bits per heavy atom. The molecule has 1 aromatic carbocycles. The van der Waals surface area contributed by atoms with Gasteiger partial charge in [-0.2, -0.15) is 8.42 Å². The molecule has 3 nitrogen and oxygen atoms in total. The molecule has 0 atom stereocenters. The molecular formula is C6H4BrFO3S. The second kappa shape index (κ2) is 3.02. The highest BCUT2D eigenvalue weighted by molar-refractivity contribution is 9.10. The van der Waals surface area contributed by atoms with Gasteiger partial charge in [-0.1, -0.05) is 0 Å². The number of hydrogen-bond donors (Lipinski definition) is 1. The van der Waals surface area contributed by atoms with Crippen LogP contribution >= 0.6 is 15.9 Å². The van der Waals surface area contributed by atoms with E-state index in [1.54, 1.807) is 0 Å². The molecule has 0 saturated carbocycles. The van der Waals surface area contributed by atoms with E-state index in [-0.39, 0.29) is 5.75 Å². The Hall–Kier alpha value is -0.620. The van der Waals surface area contributed by atoms with Crippen LogP contribution in [0.3, 0.4) is 0 Å². The van der Waals surface area contributed by atoms with Crippen LogP contribution in [0.15, 0.2) is 27.6 Å². The number of rotatable bonds is 1. The molecule has 0 spiro atoms. The van der Waals surface area contributed by atoms with Crippen molar-refractivity contribution in [3.8, 4) is 5.75 Å². The number of phenolic OH excluding ortho intramolecular Hbond substituents is 1. The average molecular weight is 255 g/mol. The van der Waals surface area contributed by atoms with E-state index in [4.69, 9.17) is 5.11 Å². The first kappa shape index (κ1) is 9.47. The van der Waals surface area contributed by atoms with Crippen LogP contribution in [0.25, 0.3) is 0 Å². The SMILES string of the molecule is O=S(=O)(F)c1ccc(Br)c(O)c1. The standard InChI is InChI=1S/C6H4BrFO3S/c7-5-2-1-4(3-6(5)9)12(8,10)11/h1-3,9H. The Balaban J connectivity index is 3.33. The minimum Gasteiger partial charge on any atom is -0.507 e. The third-order valence-corrected chi connectivity index (χ3v) is 2.69. The number of phenols is 1. The molecule has 0 aliphatic heterocycles. The first-order valence-corrected chi connectivity index (χ1v) is 5.02. The maximum atomic E-state index is 12.3. The maximum Gasteiger partial charge on any atom is 0.332 e. The van der Waals surface area contributed by atoms with Gasteiger partial charge in [-0.05, 0) is 28.1 Å². The lowest BCUT2D eigenvalue weighted by atomic mass is 10.3. The largest absolute Gasteiger partial charge is 0.507 e. The molecule has 0 heterocycles. The molecule has 0 fully saturated rings. The van der Waals surface area contributed by atoms with E-state index in [0.717, 1.165) is 12.1 Å². The molecule has 0 unspecified atom stereocenters. The summed E-state index contributed by atoms with van der Waals surface area (Å²) in [7, 11) is -4.72. The molecule has 66 valence electrons. The summed E-state index contributed by atoms with van der Waals surface area (Å²) in [4.78, 5) is -0.553. The number of hydrogen-bond acceptors (Lipinski definition) is 3. The third-order valence-electron chi connectivity index (χ3n) is 1.20. The van der Waals surface area contributed by atoms with E-state index >= 15 is 0 Å². The fraction of sp³-hybridized carbons (Fsp3) is 0. The van der Waals surface area contributed by atoms with Crippen LogP contribution in [0.4, 0.5) is 3.89 Å². The molecular weight excluding hydrogens is 251 g/mol. The van der Waals surface area contributed by atoms with Crippen LogP contribution in [0, 0.1) is 0 Å². The molecule has 1 rings (SSSR count). The monoisotopic (exact) mass is 254 g/mol. The predicted molar refractivity (Wildman–Crippen MR) is 44.1 cm³/mol. The lowest BCUT2D eigenvalue weighted by molar-refractivity contribution is 0.469. The van der Waals surface area contributed by atoms with Crippen LogP contribution in [0.1, 0.15) is 0 Å². The average Bonchev–Trinajstić information content (AvgIpc) is 1.92. The number of benzene rings is 1. The maximum absolute atomic E-state index is 12.3. The highest BCUT2D eigenvalue weighted by Crippen LogP contribution is 2.26. The molecule has 1 N–H and O–H groups in total. The Morgan fingerprint density at radius 3 is 2.42 bits per heavy atom. The van der Waals surface area contributed by atoms with E-state index in [2.05, 4.69) is 15.9 Å². The van der Waals surface area contributed by atoms with Crippen LogP contribution in [-0.2, 0) is 10.2 Å². The summed E-state index contributed by atoms with van der Waals surface area (Å²) in [6.45, 7) is 0. The van der Waals surface area contributed by atoms with Crippen molar-refractivity contribution in [1.82, 2.24) is 0 Å². The lowest BCUT2D eigenvalue weighted by Gasteiger charge is -1.97. The van der Waals surface area contributed by atoms with Gasteiger partial charge in [0.15, 0.2) is 0 Å². The fourth-order valence-electron chi connectivity index (χ4n) is 0.644. The summed E-state index contributed by atoms with van der Waals surface area (Å²) in [6.07, 6.45) is 0. The molecule has 0 amide bonds. The zero-order valence-electron chi connectivity index (χ0n) is 5.66. The Morgan fingerprint density at radius 2 is 2.00 bits per heavy atom. The molecule has 0 aliphatic carbocycles. The van der Waals surface area contributed by atoms with Crippen LogP contribution in [-0.4, -0.2) is 13.5 Å². The predicted octanol–water partition coefficient (Wildman–Crippen LogP) is 1.81. The van der Waals surface area contributed by atoms with Gasteiger partial charge < -0.3 is 5.11 Å². The van der Waals surface area contributed by atoms with E-state index < -0.39 is 15.1 Å². The van der Waals surface area contributed by atoms with Gasteiger partial charge in [0.05, 0.1) is 4.47 Å². The molecule has 0 aromatic heterocycles. The fourth-order valence-corrected chi connectivity index (χ4v) is 1.37. The summed E-state index contributed by atoms with van der Waals surface area (Å²) in [5.41, 5.74) is 0. The highest BCUT2D eigenvalue weighted by atomic mass is 79.9. The van der Waals surface area contributed by atoms with Gasteiger partial charge in [-0.3, -0.25) is 0 Å². The van der Waals surface area contributed by atoms with E-state index in [1.165, 1.54) is 6.07 Å². The summed E-state index contributed by atoms with van der Waals surface area (Å²) in [5, 5.41) is 8.99. The molecule has 6 heteroatoms. The quantitative estimate of drug-likeness (QED) is 0.778. The van der Waals surface area contributed by atoms with Crippen molar-refractivity contribution in [1.29, 1.82) is 0 Å². The molecule has 1 aromatic rings. The van der Waals surface area contributed by atoms with Gasteiger partial charge in [0, 0.05) is 6.07 Å². The molecule has 0 radical (unpaired) electrons. The van der Waals surface area contributed by atoms with E-state index in [0.29, 0.717) is 4.47 Å². The molecule has 0 aliphatic rings.